The lowest BCUT2D eigenvalue weighted by atomic mass is 10.0. The van der Waals surface area contributed by atoms with E-state index in [1.54, 1.807) is 4.68 Å². The van der Waals surface area contributed by atoms with Gasteiger partial charge >= 0.3 is 0 Å². The van der Waals surface area contributed by atoms with Crippen LogP contribution in [0.4, 0.5) is 14.5 Å². The highest BCUT2D eigenvalue weighted by atomic mass is 19.1. The second kappa shape index (κ2) is 6.15. The Balaban J connectivity index is 2.39. The summed E-state index contributed by atoms with van der Waals surface area (Å²) >= 11 is 0. The molecular weight excluding hydrogens is 276 g/mol. The third-order valence-corrected chi connectivity index (χ3v) is 3.68. The highest BCUT2D eigenvalue weighted by molar-refractivity contribution is 5.62. The smallest absolute Gasteiger partial charge is 0.185 e. The minimum absolute atomic E-state index is 0.00984. The van der Waals surface area contributed by atoms with Crippen LogP contribution in [-0.4, -0.2) is 20.2 Å². The molecule has 1 aromatic heterocycles. The molecule has 114 valence electrons. The van der Waals surface area contributed by atoms with Crippen molar-refractivity contribution in [3.8, 4) is 11.4 Å². The molecule has 2 unspecified atom stereocenters. The minimum atomic E-state index is -0.789. The number of nitrogens with zero attached hydrogens (tertiary/aromatic N) is 4. The second-order valence-corrected chi connectivity index (χ2v) is 5.40. The number of halogens is 2. The van der Waals surface area contributed by atoms with E-state index in [-0.39, 0.29) is 23.1 Å². The molecule has 7 heteroatoms. The first-order valence-electron chi connectivity index (χ1n) is 6.96. The number of aromatic nitrogens is 4. The van der Waals surface area contributed by atoms with Crippen molar-refractivity contribution >= 4 is 5.69 Å². The number of tetrazole rings is 1. The minimum Gasteiger partial charge on any atom is -0.396 e. The van der Waals surface area contributed by atoms with E-state index >= 15 is 0 Å². The van der Waals surface area contributed by atoms with Gasteiger partial charge in [-0.25, -0.2) is 13.5 Å². The van der Waals surface area contributed by atoms with Crippen LogP contribution in [0.15, 0.2) is 12.1 Å². The summed E-state index contributed by atoms with van der Waals surface area (Å²) in [5, 5.41) is 11.4. The standard InChI is InChI=1S/C14H19F2N5/c1-4-8(2)5-9(3)21-14(18-19-20-21)10-6-13(17)12(16)7-11(10)15/h6-9H,4-5,17H2,1-3H3. The molecule has 0 bridgehead atoms. The van der Waals surface area contributed by atoms with Crippen molar-refractivity contribution < 1.29 is 8.78 Å². The highest BCUT2D eigenvalue weighted by Gasteiger charge is 2.20. The molecule has 21 heavy (non-hydrogen) atoms. The third-order valence-electron chi connectivity index (χ3n) is 3.68. The van der Waals surface area contributed by atoms with Gasteiger partial charge in [0, 0.05) is 6.07 Å². The Morgan fingerprint density at radius 3 is 2.62 bits per heavy atom. The lowest BCUT2D eigenvalue weighted by Gasteiger charge is -2.17. The SMILES string of the molecule is CCC(C)CC(C)n1nnnc1-c1cc(N)c(F)cc1F. The summed E-state index contributed by atoms with van der Waals surface area (Å²) in [6, 6.07) is 1.99. The summed E-state index contributed by atoms with van der Waals surface area (Å²) in [6.07, 6.45) is 1.91. The maximum atomic E-state index is 14.0. The van der Waals surface area contributed by atoms with Gasteiger partial charge in [-0.3, -0.25) is 0 Å². The van der Waals surface area contributed by atoms with Crippen LogP contribution in [0.2, 0.25) is 0 Å². The number of nitrogens with two attached hydrogens (primary N) is 1. The van der Waals surface area contributed by atoms with Gasteiger partial charge < -0.3 is 5.73 Å². The number of nitrogen functional groups attached to an aromatic ring is 1. The van der Waals surface area contributed by atoms with Gasteiger partial charge in [0.15, 0.2) is 5.82 Å². The van der Waals surface area contributed by atoms with Crippen molar-refractivity contribution in [3.63, 3.8) is 0 Å². The van der Waals surface area contributed by atoms with Crippen LogP contribution in [0.1, 0.15) is 39.7 Å². The molecule has 0 saturated carbocycles. The molecule has 0 saturated heterocycles. The van der Waals surface area contributed by atoms with E-state index in [0.717, 1.165) is 18.9 Å². The molecule has 1 heterocycles. The molecule has 1 aromatic carbocycles. The van der Waals surface area contributed by atoms with Crippen LogP contribution >= 0.6 is 0 Å². The Kier molecular flexibility index (Phi) is 4.50. The Morgan fingerprint density at radius 2 is 1.95 bits per heavy atom. The molecule has 2 atom stereocenters. The highest BCUT2D eigenvalue weighted by Crippen LogP contribution is 2.28. The lowest BCUT2D eigenvalue weighted by molar-refractivity contribution is 0.371. The summed E-state index contributed by atoms with van der Waals surface area (Å²) in [6.45, 7) is 6.21. The van der Waals surface area contributed by atoms with Crippen molar-refractivity contribution in [2.45, 2.75) is 39.7 Å². The Morgan fingerprint density at radius 1 is 1.24 bits per heavy atom. The van der Waals surface area contributed by atoms with Crippen molar-refractivity contribution in [3.05, 3.63) is 23.8 Å². The molecule has 2 rings (SSSR count). The monoisotopic (exact) mass is 295 g/mol. The van der Waals surface area contributed by atoms with E-state index in [4.69, 9.17) is 5.73 Å². The van der Waals surface area contributed by atoms with E-state index < -0.39 is 11.6 Å². The number of hydrogen-bond donors (Lipinski definition) is 1. The molecule has 0 radical (unpaired) electrons. The largest absolute Gasteiger partial charge is 0.396 e. The number of rotatable bonds is 5. The van der Waals surface area contributed by atoms with Gasteiger partial charge in [0.1, 0.15) is 11.6 Å². The van der Waals surface area contributed by atoms with E-state index in [1.807, 2.05) is 6.92 Å². The van der Waals surface area contributed by atoms with Gasteiger partial charge in [0.25, 0.3) is 0 Å². The fourth-order valence-electron chi connectivity index (χ4n) is 2.25. The van der Waals surface area contributed by atoms with Gasteiger partial charge in [-0.05, 0) is 35.8 Å². The van der Waals surface area contributed by atoms with E-state index in [2.05, 4.69) is 29.4 Å². The Labute approximate surface area is 122 Å². The average molecular weight is 295 g/mol. The number of hydrogen-bond acceptors (Lipinski definition) is 4. The predicted molar refractivity (Wildman–Crippen MR) is 76.4 cm³/mol. The molecule has 2 N–H and O–H groups in total. The summed E-state index contributed by atoms with van der Waals surface area (Å²) in [5.74, 6) is -0.758. The van der Waals surface area contributed by atoms with E-state index in [0.29, 0.717) is 5.92 Å². The van der Waals surface area contributed by atoms with Crippen LogP contribution in [0.25, 0.3) is 11.4 Å². The van der Waals surface area contributed by atoms with Crippen LogP contribution in [0.3, 0.4) is 0 Å². The molecule has 2 aromatic rings. The summed E-state index contributed by atoms with van der Waals surface area (Å²) < 4.78 is 28.8. The lowest BCUT2D eigenvalue weighted by Crippen LogP contribution is -2.13. The summed E-state index contributed by atoms with van der Waals surface area (Å²) in [5.41, 5.74) is 5.48. The zero-order chi connectivity index (χ0) is 15.6. The molecule has 0 amide bonds. The molecule has 0 spiro atoms. The van der Waals surface area contributed by atoms with Gasteiger partial charge in [-0.15, -0.1) is 5.10 Å². The maximum absolute atomic E-state index is 14.0. The first kappa shape index (κ1) is 15.3. The molecule has 0 aliphatic rings. The Bertz CT molecular complexity index is 626. The molecular formula is C14H19F2N5. The molecule has 5 nitrogen and oxygen atoms in total. The van der Waals surface area contributed by atoms with Gasteiger partial charge in [-0.1, -0.05) is 20.3 Å². The number of benzene rings is 1. The van der Waals surface area contributed by atoms with E-state index in [9.17, 15) is 8.78 Å². The van der Waals surface area contributed by atoms with Crippen LogP contribution in [-0.2, 0) is 0 Å². The van der Waals surface area contributed by atoms with Crippen molar-refractivity contribution in [2.75, 3.05) is 5.73 Å². The first-order chi connectivity index (χ1) is 9.93. The quantitative estimate of drug-likeness (QED) is 0.860. The van der Waals surface area contributed by atoms with Crippen LogP contribution < -0.4 is 5.73 Å². The zero-order valence-corrected chi connectivity index (χ0v) is 12.3. The topological polar surface area (TPSA) is 69.6 Å². The van der Waals surface area contributed by atoms with Crippen LogP contribution in [0.5, 0.6) is 0 Å². The van der Waals surface area contributed by atoms with Crippen molar-refractivity contribution in [1.29, 1.82) is 0 Å². The normalized spacial score (nSPS) is 14.1. The Hall–Kier alpha value is -2.05. The third kappa shape index (κ3) is 3.17. The van der Waals surface area contributed by atoms with Crippen molar-refractivity contribution in [1.82, 2.24) is 20.2 Å². The first-order valence-corrected chi connectivity index (χ1v) is 6.96. The van der Waals surface area contributed by atoms with Gasteiger partial charge in [0.2, 0.25) is 0 Å². The van der Waals surface area contributed by atoms with Crippen molar-refractivity contribution in [2.24, 2.45) is 5.92 Å². The fourth-order valence-corrected chi connectivity index (χ4v) is 2.25. The fraction of sp³-hybridized carbons (Fsp3) is 0.500. The molecule has 0 aliphatic carbocycles. The zero-order valence-electron chi connectivity index (χ0n) is 12.3. The van der Waals surface area contributed by atoms with Crippen LogP contribution in [0, 0.1) is 17.6 Å². The van der Waals surface area contributed by atoms with Gasteiger partial charge in [0.05, 0.1) is 17.3 Å². The molecule has 0 fully saturated rings. The average Bonchev–Trinajstić information content (AvgIpc) is 2.91. The van der Waals surface area contributed by atoms with E-state index in [1.165, 1.54) is 6.07 Å². The number of anilines is 1. The maximum Gasteiger partial charge on any atom is 0.185 e. The predicted octanol–water partition coefficient (Wildman–Crippen LogP) is 3.20. The van der Waals surface area contributed by atoms with Gasteiger partial charge in [-0.2, -0.15) is 0 Å². The summed E-state index contributed by atoms with van der Waals surface area (Å²) in [7, 11) is 0. The molecule has 0 aliphatic heterocycles. The second-order valence-electron chi connectivity index (χ2n) is 5.40. The summed E-state index contributed by atoms with van der Waals surface area (Å²) in [4.78, 5) is 0.